The molecule has 0 aromatic heterocycles. The van der Waals surface area contributed by atoms with Crippen LogP contribution in [0, 0.1) is 46.8 Å². The zero-order valence-electron chi connectivity index (χ0n) is 31.3. The Morgan fingerprint density at radius 1 is 0.654 bits per heavy atom. The fraction of sp³-hybridized carbons (Fsp3) is 0.604. The molecule has 11 unspecified atom stereocenters. The van der Waals surface area contributed by atoms with Gasteiger partial charge in [-0.15, -0.1) is 0 Å². The number of hydrogen-bond acceptors (Lipinski definition) is 4. The van der Waals surface area contributed by atoms with E-state index >= 15 is 0 Å². The van der Waals surface area contributed by atoms with Crippen LogP contribution in [0.1, 0.15) is 127 Å². The SMILES string of the molecule is N#CC1CCC=CC1C1CCCCC1C1=C(C2CC(N3C4=C(CCCC4)C4CCC=CC43)NC(N3c4ccccc4C4CCC=CC43)C2)CCC=C1. The lowest BCUT2D eigenvalue weighted by molar-refractivity contribution is 0.0963. The van der Waals surface area contributed by atoms with E-state index in [9.17, 15) is 5.26 Å². The van der Waals surface area contributed by atoms with Gasteiger partial charge in [-0.25, -0.2) is 0 Å². The van der Waals surface area contributed by atoms with Crippen molar-refractivity contribution in [3.63, 3.8) is 0 Å². The highest BCUT2D eigenvalue weighted by Crippen LogP contribution is 2.53. The first-order chi connectivity index (χ1) is 25.8. The maximum Gasteiger partial charge on any atom is 0.0823 e. The number of hydrogen-bond donors (Lipinski definition) is 1. The van der Waals surface area contributed by atoms with E-state index < -0.39 is 0 Å². The Balaban J connectivity index is 1.06. The van der Waals surface area contributed by atoms with Crippen molar-refractivity contribution in [2.45, 2.75) is 146 Å². The summed E-state index contributed by atoms with van der Waals surface area (Å²) in [6.07, 6.45) is 43.2. The number of piperidine rings is 1. The molecule has 1 N–H and O–H groups in total. The van der Waals surface area contributed by atoms with E-state index in [2.05, 4.69) is 94.1 Å². The Morgan fingerprint density at radius 2 is 1.40 bits per heavy atom. The second-order valence-corrected chi connectivity index (χ2v) is 17.9. The third-order valence-corrected chi connectivity index (χ3v) is 15.4. The Labute approximate surface area is 313 Å². The Kier molecular flexibility index (Phi) is 9.07. The highest BCUT2D eigenvalue weighted by molar-refractivity contribution is 5.64. The summed E-state index contributed by atoms with van der Waals surface area (Å²) >= 11 is 0. The molecule has 0 amide bonds. The van der Waals surface area contributed by atoms with Crippen LogP contribution in [-0.2, 0) is 0 Å². The predicted octanol–water partition coefficient (Wildman–Crippen LogP) is 11.0. The number of benzene rings is 1. The van der Waals surface area contributed by atoms with Crippen LogP contribution < -0.4 is 10.2 Å². The second kappa shape index (κ2) is 14.2. The molecule has 1 aromatic rings. The van der Waals surface area contributed by atoms with Crippen LogP contribution in [0.3, 0.4) is 0 Å². The molecule has 9 aliphatic rings. The minimum Gasteiger partial charge on any atom is -0.352 e. The molecular weight excluding hydrogens is 633 g/mol. The molecule has 0 spiro atoms. The average Bonchev–Trinajstić information content (AvgIpc) is 3.74. The van der Waals surface area contributed by atoms with Crippen LogP contribution in [0.15, 0.2) is 95.3 Å². The molecule has 0 bridgehead atoms. The minimum absolute atomic E-state index is 0.177. The van der Waals surface area contributed by atoms with Gasteiger partial charge >= 0.3 is 0 Å². The summed E-state index contributed by atoms with van der Waals surface area (Å²) in [5, 5.41) is 14.8. The van der Waals surface area contributed by atoms with Gasteiger partial charge in [-0.3, -0.25) is 5.32 Å². The van der Waals surface area contributed by atoms with E-state index in [-0.39, 0.29) is 5.92 Å². The highest BCUT2D eigenvalue weighted by Gasteiger charge is 2.49. The summed E-state index contributed by atoms with van der Waals surface area (Å²) in [5.74, 6) is 3.64. The van der Waals surface area contributed by atoms with Gasteiger partial charge < -0.3 is 9.80 Å². The van der Waals surface area contributed by atoms with Gasteiger partial charge in [-0.2, -0.15) is 5.26 Å². The lowest BCUT2D eigenvalue weighted by Gasteiger charge is -2.50. The summed E-state index contributed by atoms with van der Waals surface area (Å²) < 4.78 is 0. The molecule has 6 aliphatic carbocycles. The van der Waals surface area contributed by atoms with Gasteiger partial charge in [0.25, 0.3) is 0 Å². The molecule has 1 aromatic carbocycles. The molecule has 3 aliphatic heterocycles. The zero-order chi connectivity index (χ0) is 34.6. The number of nitrogens with zero attached hydrogens (tertiary/aromatic N) is 3. The Hall–Kier alpha value is -3.29. The smallest absolute Gasteiger partial charge is 0.0823 e. The lowest BCUT2D eigenvalue weighted by atomic mass is 9.62. The number of nitriles is 1. The first-order valence-corrected chi connectivity index (χ1v) is 21.7. The van der Waals surface area contributed by atoms with Gasteiger partial charge in [0.15, 0.2) is 0 Å². The van der Waals surface area contributed by atoms with Crippen LogP contribution in [-0.4, -0.2) is 29.3 Å². The van der Waals surface area contributed by atoms with Gasteiger partial charge in [0.05, 0.1) is 36.4 Å². The number of allylic oxidation sites excluding steroid dienone is 9. The van der Waals surface area contributed by atoms with Crippen molar-refractivity contribution >= 4 is 5.69 Å². The molecule has 272 valence electrons. The average molecular weight is 693 g/mol. The molecule has 4 nitrogen and oxygen atoms in total. The minimum atomic E-state index is 0.177. The van der Waals surface area contributed by atoms with Gasteiger partial charge in [-0.1, -0.05) is 85.2 Å². The van der Waals surface area contributed by atoms with Crippen molar-refractivity contribution in [1.82, 2.24) is 10.2 Å². The van der Waals surface area contributed by atoms with Crippen molar-refractivity contribution in [3.05, 3.63) is 101 Å². The third-order valence-electron chi connectivity index (χ3n) is 15.4. The van der Waals surface area contributed by atoms with Crippen molar-refractivity contribution in [1.29, 1.82) is 5.26 Å². The summed E-state index contributed by atoms with van der Waals surface area (Å²) in [6.45, 7) is 0. The number of rotatable bonds is 5. The molecular formula is C48H60N4. The molecule has 10 rings (SSSR count). The molecule has 2 fully saturated rings. The van der Waals surface area contributed by atoms with Crippen LogP contribution in [0.4, 0.5) is 5.69 Å². The van der Waals surface area contributed by atoms with E-state index in [0.717, 1.165) is 12.8 Å². The van der Waals surface area contributed by atoms with Crippen molar-refractivity contribution in [2.75, 3.05) is 4.90 Å². The summed E-state index contributed by atoms with van der Waals surface area (Å²) in [7, 11) is 0. The topological polar surface area (TPSA) is 42.3 Å². The number of nitrogens with one attached hydrogen (secondary N) is 1. The molecule has 1 saturated carbocycles. The van der Waals surface area contributed by atoms with E-state index in [1.165, 1.54) is 108 Å². The van der Waals surface area contributed by atoms with Crippen LogP contribution in [0.25, 0.3) is 0 Å². The molecule has 11 atom stereocenters. The normalized spacial score (nSPS) is 39.6. The van der Waals surface area contributed by atoms with Crippen molar-refractivity contribution < 1.29 is 0 Å². The van der Waals surface area contributed by atoms with E-state index in [4.69, 9.17) is 0 Å². The fourth-order valence-electron chi connectivity index (χ4n) is 13.3. The molecule has 3 heterocycles. The Morgan fingerprint density at radius 3 is 2.29 bits per heavy atom. The molecule has 1 saturated heterocycles. The summed E-state index contributed by atoms with van der Waals surface area (Å²) in [6, 6.07) is 13.2. The van der Waals surface area contributed by atoms with E-state index in [0.29, 0.717) is 59.9 Å². The Bertz CT molecular complexity index is 1750. The van der Waals surface area contributed by atoms with Gasteiger partial charge in [0, 0.05) is 23.2 Å². The van der Waals surface area contributed by atoms with Crippen LogP contribution >= 0.6 is 0 Å². The quantitative estimate of drug-likeness (QED) is 0.312. The molecule has 0 radical (unpaired) electrons. The van der Waals surface area contributed by atoms with Gasteiger partial charge in [0.1, 0.15) is 0 Å². The first-order valence-electron chi connectivity index (χ1n) is 21.7. The maximum atomic E-state index is 10.3. The van der Waals surface area contributed by atoms with Gasteiger partial charge in [-0.05, 0) is 149 Å². The lowest BCUT2D eigenvalue weighted by Crippen LogP contribution is -2.62. The highest BCUT2D eigenvalue weighted by atomic mass is 15.4. The van der Waals surface area contributed by atoms with Crippen LogP contribution in [0.2, 0.25) is 0 Å². The number of fused-ring (bicyclic) bond motifs is 5. The fourth-order valence-corrected chi connectivity index (χ4v) is 13.3. The third kappa shape index (κ3) is 5.63. The number of anilines is 1. The first kappa shape index (κ1) is 33.3. The largest absolute Gasteiger partial charge is 0.352 e. The monoisotopic (exact) mass is 692 g/mol. The second-order valence-electron chi connectivity index (χ2n) is 17.9. The maximum absolute atomic E-state index is 10.3. The van der Waals surface area contributed by atoms with Crippen LogP contribution in [0.5, 0.6) is 0 Å². The molecule has 52 heavy (non-hydrogen) atoms. The zero-order valence-corrected chi connectivity index (χ0v) is 31.3. The standard InChI is InChI=1S/C48H60N4/c49-31-32-15-1-2-16-34(32)36-18-5-6-20-38(36)37-19-4-3-17-35(37)33-29-47(51-43-25-11-7-21-39(43)40-22-8-12-26-44(40)51)50-48(30-33)52-45-27-13-9-23-41(45)42-24-10-14-28-46(42)52/h2,4,7,11-13,16,19,21,25-27,32-34,36,38,40-41,44-45,47-48,50H,1,3,5-6,8-10,14-15,17-18,20,22-24,28-30H2. The van der Waals surface area contributed by atoms with Gasteiger partial charge in [0.2, 0.25) is 0 Å². The summed E-state index contributed by atoms with van der Waals surface area (Å²) in [4.78, 5) is 5.83. The predicted molar refractivity (Wildman–Crippen MR) is 212 cm³/mol. The molecule has 4 heteroatoms. The van der Waals surface area contributed by atoms with Crippen molar-refractivity contribution in [2.24, 2.45) is 35.5 Å². The van der Waals surface area contributed by atoms with Crippen molar-refractivity contribution in [3.8, 4) is 6.07 Å². The van der Waals surface area contributed by atoms with E-state index in [1.54, 1.807) is 22.4 Å². The number of para-hydroxylation sites is 1. The van der Waals surface area contributed by atoms with E-state index in [1.807, 2.05) is 5.57 Å². The summed E-state index contributed by atoms with van der Waals surface area (Å²) in [5.41, 5.74) is 10.1.